The monoisotopic (exact) mass is 319 g/mol. The molecule has 2 aromatic carbocycles. The van der Waals surface area contributed by atoms with Gasteiger partial charge in [-0.05, 0) is 12.1 Å². The lowest BCUT2D eigenvalue weighted by atomic mass is 10.1. The fourth-order valence-electron chi connectivity index (χ4n) is 2.69. The van der Waals surface area contributed by atoms with Gasteiger partial charge in [0.1, 0.15) is 5.82 Å². The number of para-hydroxylation sites is 1. The van der Waals surface area contributed by atoms with Crippen LogP contribution in [-0.4, -0.2) is 16.1 Å². The summed E-state index contributed by atoms with van der Waals surface area (Å²) < 4.78 is 1.75. The Hall–Kier alpha value is -2.88. The van der Waals surface area contributed by atoms with Crippen LogP contribution in [0.15, 0.2) is 71.5 Å². The van der Waals surface area contributed by atoms with Crippen molar-refractivity contribution in [2.24, 2.45) is 0 Å². The first kappa shape index (κ1) is 16.0. The van der Waals surface area contributed by atoms with Crippen molar-refractivity contribution in [2.45, 2.75) is 19.9 Å². The van der Waals surface area contributed by atoms with Gasteiger partial charge in [-0.1, -0.05) is 55.5 Å². The molecule has 24 heavy (non-hydrogen) atoms. The first-order chi connectivity index (χ1) is 11.8. The van der Waals surface area contributed by atoms with Crippen molar-refractivity contribution < 1.29 is 0 Å². The van der Waals surface area contributed by atoms with Gasteiger partial charge in [0, 0.05) is 36.8 Å². The molecule has 4 nitrogen and oxygen atoms in total. The van der Waals surface area contributed by atoms with E-state index in [4.69, 9.17) is 0 Å². The number of hydrogen-bond donors (Lipinski definition) is 1. The molecule has 0 unspecified atom stereocenters. The number of anilines is 1. The van der Waals surface area contributed by atoms with Crippen LogP contribution in [0, 0.1) is 0 Å². The number of benzene rings is 2. The zero-order valence-electron chi connectivity index (χ0n) is 13.8. The molecule has 0 bridgehead atoms. The largest absolute Gasteiger partial charge is 0.383 e. The molecule has 1 aromatic heterocycles. The van der Waals surface area contributed by atoms with Crippen molar-refractivity contribution in [2.75, 3.05) is 11.9 Å². The number of nitrogens with zero attached hydrogens (tertiary/aromatic N) is 2. The van der Waals surface area contributed by atoms with Crippen LogP contribution < -0.4 is 10.9 Å². The minimum atomic E-state index is -0.00411. The van der Waals surface area contributed by atoms with Crippen LogP contribution in [0.2, 0.25) is 0 Å². The van der Waals surface area contributed by atoms with Crippen molar-refractivity contribution in [1.29, 1.82) is 0 Å². The van der Waals surface area contributed by atoms with Crippen LogP contribution in [0.25, 0.3) is 11.3 Å². The number of nitrogens with one attached hydrogen (secondary N) is 1. The Morgan fingerprint density at radius 1 is 1.00 bits per heavy atom. The van der Waals surface area contributed by atoms with Crippen LogP contribution in [0.1, 0.15) is 12.7 Å². The van der Waals surface area contributed by atoms with Crippen LogP contribution in [0.5, 0.6) is 0 Å². The van der Waals surface area contributed by atoms with E-state index in [0.717, 1.165) is 29.2 Å². The Morgan fingerprint density at radius 2 is 1.67 bits per heavy atom. The maximum atomic E-state index is 12.5. The van der Waals surface area contributed by atoms with Gasteiger partial charge in [0.05, 0.1) is 5.69 Å². The Balaban J connectivity index is 1.79. The second-order valence-corrected chi connectivity index (χ2v) is 5.56. The number of hydrogen-bond acceptors (Lipinski definition) is 3. The molecule has 0 spiro atoms. The third kappa shape index (κ3) is 3.71. The van der Waals surface area contributed by atoms with Crippen molar-refractivity contribution in [3.05, 3.63) is 82.9 Å². The molecule has 0 saturated heterocycles. The molecular formula is C20H21N3O. The topological polar surface area (TPSA) is 46.9 Å². The van der Waals surface area contributed by atoms with Crippen LogP contribution in [-0.2, 0) is 13.0 Å². The summed E-state index contributed by atoms with van der Waals surface area (Å²) in [6.45, 7) is 3.31. The number of aromatic nitrogens is 2. The second-order valence-electron chi connectivity index (χ2n) is 5.56. The van der Waals surface area contributed by atoms with E-state index in [-0.39, 0.29) is 5.56 Å². The molecule has 3 rings (SSSR count). The molecule has 0 aliphatic rings. The van der Waals surface area contributed by atoms with E-state index in [9.17, 15) is 4.79 Å². The lowest BCUT2D eigenvalue weighted by Gasteiger charge is -2.13. The van der Waals surface area contributed by atoms with Gasteiger partial charge in [-0.15, -0.1) is 0 Å². The highest BCUT2D eigenvalue weighted by Gasteiger charge is 2.08. The van der Waals surface area contributed by atoms with E-state index in [1.54, 1.807) is 10.6 Å². The summed E-state index contributed by atoms with van der Waals surface area (Å²) in [5.41, 5.74) is 2.76. The van der Waals surface area contributed by atoms with E-state index in [0.29, 0.717) is 13.1 Å². The fraction of sp³-hybridized carbons (Fsp3) is 0.200. The van der Waals surface area contributed by atoms with Gasteiger partial charge >= 0.3 is 0 Å². The highest BCUT2D eigenvalue weighted by atomic mass is 16.1. The summed E-state index contributed by atoms with van der Waals surface area (Å²) in [5, 5.41) is 3.33. The summed E-state index contributed by atoms with van der Waals surface area (Å²) in [6.07, 6.45) is 0.723. The quantitative estimate of drug-likeness (QED) is 0.755. The molecule has 0 amide bonds. The number of aryl methyl sites for hydroxylation is 1. The first-order valence-electron chi connectivity index (χ1n) is 8.23. The third-order valence-electron chi connectivity index (χ3n) is 3.91. The molecule has 3 aromatic rings. The average Bonchev–Trinajstić information content (AvgIpc) is 2.64. The second kappa shape index (κ2) is 7.59. The molecule has 1 N–H and O–H groups in total. The molecule has 0 radical (unpaired) electrons. The highest BCUT2D eigenvalue weighted by Crippen LogP contribution is 2.15. The average molecular weight is 319 g/mol. The molecule has 4 heteroatoms. The van der Waals surface area contributed by atoms with E-state index < -0.39 is 0 Å². The van der Waals surface area contributed by atoms with Gasteiger partial charge in [-0.25, -0.2) is 4.98 Å². The molecule has 0 atom stereocenters. The molecule has 0 fully saturated rings. The predicted octanol–water partition coefficient (Wildman–Crippen LogP) is 3.58. The van der Waals surface area contributed by atoms with Gasteiger partial charge in [0.2, 0.25) is 0 Å². The number of rotatable bonds is 6. The fourth-order valence-corrected chi connectivity index (χ4v) is 2.69. The Bertz CT molecular complexity index is 842. The first-order valence-corrected chi connectivity index (χ1v) is 8.23. The van der Waals surface area contributed by atoms with Crippen molar-refractivity contribution in [3.8, 4) is 11.3 Å². The van der Waals surface area contributed by atoms with Crippen LogP contribution >= 0.6 is 0 Å². The van der Waals surface area contributed by atoms with Crippen molar-refractivity contribution in [1.82, 2.24) is 9.55 Å². The van der Waals surface area contributed by atoms with Crippen LogP contribution in [0.4, 0.5) is 5.69 Å². The lowest BCUT2D eigenvalue weighted by molar-refractivity contribution is 0.634. The molecule has 0 aliphatic carbocycles. The zero-order chi connectivity index (χ0) is 16.8. The summed E-state index contributed by atoms with van der Waals surface area (Å²) in [5.74, 6) is 0.816. The Kier molecular flexibility index (Phi) is 5.06. The van der Waals surface area contributed by atoms with Crippen molar-refractivity contribution in [3.63, 3.8) is 0 Å². The maximum Gasteiger partial charge on any atom is 0.254 e. The Morgan fingerprint density at radius 3 is 2.33 bits per heavy atom. The highest BCUT2D eigenvalue weighted by molar-refractivity contribution is 5.58. The van der Waals surface area contributed by atoms with Crippen molar-refractivity contribution >= 4 is 5.69 Å². The minimum Gasteiger partial charge on any atom is -0.383 e. The molecule has 122 valence electrons. The minimum absolute atomic E-state index is 0.00411. The molecule has 0 saturated carbocycles. The predicted molar refractivity (Wildman–Crippen MR) is 98.2 cm³/mol. The van der Waals surface area contributed by atoms with E-state index in [1.165, 1.54) is 0 Å². The molecular weight excluding hydrogens is 298 g/mol. The van der Waals surface area contributed by atoms with E-state index in [2.05, 4.69) is 10.3 Å². The normalized spacial score (nSPS) is 10.5. The van der Waals surface area contributed by atoms with E-state index >= 15 is 0 Å². The summed E-state index contributed by atoms with van der Waals surface area (Å²) in [6, 6.07) is 21.4. The van der Waals surface area contributed by atoms with Crippen LogP contribution in [0.3, 0.4) is 0 Å². The van der Waals surface area contributed by atoms with Gasteiger partial charge in [-0.3, -0.25) is 9.36 Å². The SMILES string of the molecule is CCc1nc(-c2ccccc2)cc(=O)n1CCNc1ccccc1. The lowest BCUT2D eigenvalue weighted by Crippen LogP contribution is -2.27. The van der Waals surface area contributed by atoms with E-state index in [1.807, 2.05) is 67.6 Å². The summed E-state index contributed by atoms with van der Waals surface area (Å²) in [7, 11) is 0. The third-order valence-corrected chi connectivity index (χ3v) is 3.91. The molecule has 0 aliphatic heterocycles. The Labute approximate surface area is 141 Å². The van der Waals surface area contributed by atoms with Gasteiger partial charge in [0.25, 0.3) is 5.56 Å². The van der Waals surface area contributed by atoms with Gasteiger partial charge < -0.3 is 5.32 Å². The summed E-state index contributed by atoms with van der Waals surface area (Å²) in [4.78, 5) is 17.2. The van der Waals surface area contributed by atoms with Gasteiger partial charge in [0.15, 0.2) is 0 Å². The summed E-state index contributed by atoms with van der Waals surface area (Å²) >= 11 is 0. The zero-order valence-corrected chi connectivity index (χ0v) is 13.8. The standard InChI is InChI=1S/C20H21N3O/c1-2-19-22-18(16-9-5-3-6-10-16)15-20(24)23(19)14-13-21-17-11-7-4-8-12-17/h3-12,15,21H,2,13-14H2,1H3. The maximum absolute atomic E-state index is 12.5. The smallest absolute Gasteiger partial charge is 0.254 e. The van der Waals surface area contributed by atoms with Gasteiger partial charge in [-0.2, -0.15) is 0 Å². The molecule has 1 heterocycles.